The summed E-state index contributed by atoms with van der Waals surface area (Å²) in [4.78, 5) is 37.9. The van der Waals surface area contributed by atoms with E-state index in [-0.39, 0.29) is 29.9 Å². The van der Waals surface area contributed by atoms with E-state index in [1.165, 1.54) is 23.3 Å². The summed E-state index contributed by atoms with van der Waals surface area (Å²) < 4.78 is 5.53. The highest BCUT2D eigenvalue weighted by molar-refractivity contribution is 6.31. The van der Waals surface area contributed by atoms with Gasteiger partial charge >= 0.3 is 0 Å². The number of benzene rings is 4. The second kappa shape index (κ2) is 16.3. The molecule has 1 unspecified atom stereocenters. The number of anilines is 2. The highest BCUT2D eigenvalue weighted by Gasteiger charge is 2.32. The highest BCUT2D eigenvalue weighted by atomic mass is 35.5. The molecule has 3 heterocycles. The molecule has 54 heavy (non-hydrogen) atoms. The van der Waals surface area contributed by atoms with Gasteiger partial charge in [-0.1, -0.05) is 54.1 Å². The number of rotatable bonds is 9. The third-order valence-electron chi connectivity index (χ3n) is 10.6. The van der Waals surface area contributed by atoms with Crippen LogP contribution in [0.2, 0.25) is 5.02 Å². The summed E-state index contributed by atoms with van der Waals surface area (Å²) in [5.74, 6) is 0.965. The Hall–Kier alpha value is -5.48. The van der Waals surface area contributed by atoms with Crippen molar-refractivity contribution in [2.24, 2.45) is 4.99 Å². The zero-order valence-corrected chi connectivity index (χ0v) is 31.5. The fourth-order valence-electron chi connectivity index (χ4n) is 7.75. The molecular weight excluding hydrogens is 698 g/mol. The second-order valence-corrected chi connectivity index (χ2v) is 14.7. The van der Waals surface area contributed by atoms with Gasteiger partial charge in [0.1, 0.15) is 23.5 Å². The summed E-state index contributed by atoms with van der Waals surface area (Å²) in [7, 11) is 1.59. The van der Waals surface area contributed by atoms with Crippen molar-refractivity contribution in [2.75, 3.05) is 43.1 Å². The number of amides is 2. The van der Waals surface area contributed by atoms with Crippen LogP contribution < -0.4 is 19.9 Å². The minimum atomic E-state index is -0.851. The molecule has 2 fully saturated rings. The molecule has 3 N–H and O–H groups in total. The predicted octanol–water partition coefficient (Wildman–Crippen LogP) is 7.68. The zero-order valence-electron chi connectivity index (χ0n) is 30.8. The van der Waals surface area contributed by atoms with Gasteiger partial charge in [0, 0.05) is 60.1 Å². The number of nitrogens with zero attached hydrogens (tertiary/aromatic N) is 4. The van der Waals surface area contributed by atoms with Crippen LogP contribution in [0.3, 0.4) is 0 Å². The molecule has 0 radical (unpaired) electrons. The van der Waals surface area contributed by atoms with Crippen molar-refractivity contribution < 1.29 is 14.3 Å². The first kappa shape index (κ1) is 36.9. The number of benzodiazepines with no additional fused rings is 1. The van der Waals surface area contributed by atoms with Crippen molar-refractivity contribution in [1.82, 2.24) is 10.2 Å². The van der Waals surface area contributed by atoms with Crippen LogP contribution in [0.1, 0.15) is 77.6 Å². The van der Waals surface area contributed by atoms with Crippen molar-refractivity contribution in [3.8, 4) is 5.75 Å². The number of aliphatic imine (C=N–C) groups is 1. The van der Waals surface area contributed by atoms with E-state index in [4.69, 9.17) is 26.7 Å². The number of nitrogens with one attached hydrogen (secondary N) is 3. The molecule has 0 saturated carbocycles. The Morgan fingerprint density at radius 1 is 0.926 bits per heavy atom. The van der Waals surface area contributed by atoms with Crippen molar-refractivity contribution in [3.63, 3.8) is 0 Å². The number of fused-ring (bicyclic) bond motifs is 1. The fourth-order valence-corrected chi connectivity index (χ4v) is 7.87. The molecule has 2 amide bonds. The predicted molar refractivity (Wildman–Crippen MR) is 216 cm³/mol. The average molecular weight is 744 g/mol. The number of halogens is 1. The number of ether oxygens (including phenoxy) is 1. The number of piperidine rings is 1. The Kier molecular flexibility index (Phi) is 11.1. The smallest absolute Gasteiger partial charge is 0.253 e. The Morgan fingerprint density at radius 3 is 2.39 bits per heavy atom. The first-order valence-electron chi connectivity index (χ1n) is 18.6. The van der Waals surface area contributed by atoms with E-state index < -0.39 is 6.04 Å². The average Bonchev–Trinajstić information content (AvgIpc) is 3.71. The van der Waals surface area contributed by atoms with E-state index in [0.717, 1.165) is 48.3 Å². The first-order chi connectivity index (χ1) is 26.2. The van der Waals surface area contributed by atoms with Crippen LogP contribution in [-0.2, 0) is 11.3 Å². The maximum absolute atomic E-state index is 13.6. The normalized spacial score (nSPS) is 17.5. The number of methoxy groups -OCH3 is 1. The zero-order chi connectivity index (χ0) is 37.8. The van der Waals surface area contributed by atoms with Gasteiger partial charge in [-0.05, 0) is 98.2 Å². The molecular formula is C43H46ClN7O3. The van der Waals surface area contributed by atoms with Gasteiger partial charge in [-0.3, -0.25) is 30.3 Å². The summed E-state index contributed by atoms with van der Waals surface area (Å²) in [6.07, 6.45) is 4.08. The van der Waals surface area contributed by atoms with Crippen LogP contribution in [0.5, 0.6) is 5.75 Å². The molecule has 0 aliphatic carbocycles. The van der Waals surface area contributed by atoms with Crippen LogP contribution >= 0.6 is 11.6 Å². The number of likely N-dealkylation sites (tertiary alicyclic amines) is 1. The van der Waals surface area contributed by atoms with E-state index in [9.17, 15) is 15.0 Å². The van der Waals surface area contributed by atoms with Crippen LogP contribution in [0.25, 0.3) is 0 Å². The molecule has 0 bridgehead atoms. The summed E-state index contributed by atoms with van der Waals surface area (Å²) in [5.41, 5.74) is 6.74. The second-order valence-electron chi connectivity index (χ2n) is 14.2. The summed E-state index contributed by atoms with van der Waals surface area (Å²) in [5, 5.41) is 21.4. The van der Waals surface area contributed by atoms with Crippen molar-refractivity contribution in [3.05, 3.63) is 124 Å². The Bertz CT molecular complexity index is 2080. The summed E-state index contributed by atoms with van der Waals surface area (Å²) in [6.45, 7) is 5.45. The molecule has 2 saturated heterocycles. The summed E-state index contributed by atoms with van der Waals surface area (Å²) >= 11 is 6.22. The van der Waals surface area contributed by atoms with Crippen LogP contribution in [0.15, 0.2) is 96.0 Å². The van der Waals surface area contributed by atoms with Crippen molar-refractivity contribution >= 4 is 52.2 Å². The van der Waals surface area contributed by atoms with Crippen molar-refractivity contribution in [1.29, 1.82) is 10.8 Å². The van der Waals surface area contributed by atoms with Gasteiger partial charge in [0.2, 0.25) is 5.91 Å². The minimum absolute atomic E-state index is 0.0409. The van der Waals surface area contributed by atoms with Gasteiger partial charge in [0.15, 0.2) is 0 Å². The minimum Gasteiger partial charge on any atom is -0.497 e. The first-order valence-corrected chi connectivity index (χ1v) is 19.0. The van der Waals surface area contributed by atoms with E-state index in [2.05, 4.69) is 28.4 Å². The molecule has 278 valence electrons. The third kappa shape index (κ3) is 8.04. The van der Waals surface area contributed by atoms with Crippen LogP contribution in [0, 0.1) is 10.8 Å². The van der Waals surface area contributed by atoms with E-state index >= 15 is 0 Å². The number of amidine groups is 2. The van der Waals surface area contributed by atoms with E-state index in [0.29, 0.717) is 53.3 Å². The van der Waals surface area contributed by atoms with E-state index in [1.54, 1.807) is 32.2 Å². The quantitative estimate of drug-likeness (QED) is 0.120. The number of carbonyl (C=O) groups excluding carboxylic acids is 2. The molecule has 1 atom stereocenters. The molecule has 3 aliphatic rings. The van der Waals surface area contributed by atoms with Gasteiger partial charge in [0.25, 0.3) is 5.91 Å². The lowest BCUT2D eigenvalue weighted by Crippen LogP contribution is -2.42. The molecule has 7 rings (SSSR count). The Morgan fingerprint density at radius 2 is 1.67 bits per heavy atom. The lowest BCUT2D eigenvalue weighted by Gasteiger charge is -2.32. The van der Waals surface area contributed by atoms with Gasteiger partial charge in [0.05, 0.1) is 24.9 Å². The Labute approximate surface area is 321 Å². The molecule has 4 aromatic rings. The highest BCUT2D eigenvalue weighted by Crippen LogP contribution is 2.34. The number of carbonyl (C=O) groups is 2. The van der Waals surface area contributed by atoms with E-state index in [1.807, 2.05) is 59.5 Å². The lowest BCUT2D eigenvalue weighted by atomic mass is 9.88. The largest absolute Gasteiger partial charge is 0.497 e. The number of hydrogen-bond acceptors (Lipinski definition) is 7. The van der Waals surface area contributed by atoms with Gasteiger partial charge in [-0.15, -0.1) is 0 Å². The molecule has 0 spiro atoms. The van der Waals surface area contributed by atoms with Gasteiger partial charge in [-0.25, -0.2) is 0 Å². The van der Waals surface area contributed by atoms with Crippen LogP contribution in [0.4, 0.5) is 11.4 Å². The molecule has 3 aliphatic heterocycles. The third-order valence-corrected chi connectivity index (χ3v) is 10.9. The van der Waals surface area contributed by atoms with Crippen molar-refractivity contribution in [2.45, 2.75) is 57.5 Å². The maximum atomic E-state index is 13.6. The Balaban J connectivity index is 1.01. The maximum Gasteiger partial charge on any atom is 0.253 e. The molecule has 10 nitrogen and oxygen atoms in total. The van der Waals surface area contributed by atoms with Gasteiger partial charge < -0.3 is 19.9 Å². The van der Waals surface area contributed by atoms with Crippen LogP contribution in [-0.4, -0.2) is 73.4 Å². The number of hydrogen-bond donors (Lipinski definition) is 3. The molecule has 0 aromatic heterocycles. The standard InChI is InChI=1S/C43H46ClN7O3/c1-28(45)51-39-16-15-36(54-2)25-37(39)41(31-11-13-34(44)14-12-31)48-38(42(51)46)26-40(52)47-27-29-7-5-8-32(23-29)30-17-21-50(22-18-30)43(53)33-9-6-10-35(24-33)49-19-3-4-20-49/h5-16,23-25,30,38,45-46H,3-4,17-22,26-27H2,1-2H3,(H,47,52). The lowest BCUT2D eigenvalue weighted by molar-refractivity contribution is -0.121. The fraction of sp³-hybridized carbons (Fsp3) is 0.326. The topological polar surface area (TPSA) is 125 Å². The summed E-state index contributed by atoms with van der Waals surface area (Å²) in [6, 6.07) is 28.3. The molecule has 11 heteroatoms. The SMILES string of the molecule is COc1ccc2c(c1)C(c1ccc(Cl)cc1)=NC(CC(=O)NCc1cccc(C3CCN(C(=O)c4cccc(N5CCCC5)c4)CC3)c1)C(=N)N2C(C)=N. The molecule has 4 aromatic carbocycles. The van der Waals surface area contributed by atoms with Gasteiger partial charge in [-0.2, -0.15) is 0 Å². The monoisotopic (exact) mass is 743 g/mol.